The Labute approximate surface area is 247 Å². The van der Waals surface area contributed by atoms with E-state index >= 15 is 0 Å². The topological polar surface area (TPSA) is 96.0 Å². The first-order chi connectivity index (χ1) is 19.6. The third kappa shape index (κ3) is 7.21. The summed E-state index contributed by atoms with van der Waals surface area (Å²) in [5, 5.41) is 3.51. The highest BCUT2D eigenvalue weighted by molar-refractivity contribution is 7.92. The Morgan fingerprint density at radius 2 is 1.68 bits per heavy atom. The molecule has 0 saturated heterocycles. The van der Waals surface area contributed by atoms with E-state index in [9.17, 15) is 18.0 Å². The van der Waals surface area contributed by atoms with Crippen molar-refractivity contribution in [2.45, 2.75) is 63.1 Å². The number of sulfonamides is 1. The number of hydrogen-bond acceptors (Lipinski definition) is 5. The fraction of sp³-hybridized carbons (Fsp3) is 0.355. The number of ether oxygens (including phenoxy) is 1. The molecule has 0 heterocycles. The number of methoxy groups -OCH3 is 1. The summed E-state index contributed by atoms with van der Waals surface area (Å²) in [4.78, 5) is 28.9. The van der Waals surface area contributed by atoms with Gasteiger partial charge in [-0.2, -0.15) is 0 Å². The fourth-order valence-corrected chi connectivity index (χ4v) is 6.65. The molecule has 1 atom stereocenters. The van der Waals surface area contributed by atoms with Crippen molar-refractivity contribution in [2.24, 2.45) is 0 Å². The van der Waals surface area contributed by atoms with Crippen LogP contribution in [-0.2, 0) is 26.2 Å². The third-order valence-corrected chi connectivity index (χ3v) is 9.52. The van der Waals surface area contributed by atoms with Crippen molar-refractivity contribution in [1.82, 2.24) is 10.2 Å². The van der Waals surface area contributed by atoms with E-state index in [0.717, 1.165) is 35.6 Å². The van der Waals surface area contributed by atoms with Gasteiger partial charge in [-0.3, -0.25) is 13.9 Å². The number of carbonyl (C=O) groups excluding carboxylic acids is 2. The van der Waals surface area contributed by atoms with Crippen LogP contribution in [0.25, 0.3) is 0 Å². The predicted molar refractivity (Wildman–Crippen MR) is 161 cm³/mol. The summed E-state index contributed by atoms with van der Waals surface area (Å²) in [6, 6.07) is 19.3. The van der Waals surface area contributed by atoms with Crippen LogP contribution in [0.15, 0.2) is 77.7 Å². The van der Waals surface area contributed by atoms with Crippen LogP contribution in [0, 0.1) is 6.92 Å². The SMILES string of the molecule is COc1ccc(C)cc1N(CC(=O)N(Cc1ccccc1Cl)[C@@H](C)C(=O)NC1CCCC1)S(=O)(=O)c1ccccc1. The van der Waals surface area contributed by atoms with Gasteiger partial charge in [0.15, 0.2) is 0 Å². The summed E-state index contributed by atoms with van der Waals surface area (Å²) < 4.78 is 34.6. The van der Waals surface area contributed by atoms with Crippen molar-refractivity contribution in [3.8, 4) is 5.75 Å². The summed E-state index contributed by atoms with van der Waals surface area (Å²) in [5.41, 5.74) is 1.66. The first-order valence-electron chi connectivity index (χ1n) is 13.7. The Bertz CT molecular complexity index is 1480. The maximum absolute atomic E-state index is 14.1. The van der Waals surface area contributed by atoms with E-state index in [1.165, 1.54) is 24.1 Å². The van der Waals surface area contributed by atoms with Gasteiger partial charge in [0, 0.05) is 17.6 Å². The standard InChI is InChI=1S/C31H36ClN3O5S/c1-22-17-18-29(40-3)28(19-22)35(41(38,39)26-14-5-4-6-15-26)21-30(36)34(20-24-11-7-10-16-27(24)32)23(2)31(37)33-25-12-8-9-13-25/h4-7,10-11,14-19,23,25H,8-9,12-13,20-21H2,1-3H3,(H,33,37)/t23-/m0/s1. The Morgan fingerprint density at radius 1 is 1.02 bits per heavy atom. The highest BCUT2D eigenvalue weighted by Crippen LogP contribution is 2.34. The first-order valence-corrected chi connectivity index (χ1v) is 15.5. The number of rotatable bonds is 11. The molecule has 8 nitrogen and oxygen atoms in total. The molecule has 1 aliphatic carbocycles. The summed E-state index contributed by atoms with van der Waals surface area (Å²) in [6.07, 6.45) is 3.89. The lowest BCUT2D eigenvalue weighted by atomic mass is 10.1. The van der Waals surface area contributed by atoms with E-state index in [1.807, 2.05) is 6.92 Å². The van der Waals surface area contributed by atoms with Gasteiger partial charge in [0.2, 0.25) is 11.8 Å². The number of aryl methyl sites for hydroxylation is 1. The van der Waals surface area contributed by atoms with Crippen LogP contribution >= 0.6 is 11.6 Å². The van der Waals surface area contributed by atoms with Gasteiger partial charge in [-0.15, -0.1) is 0 Å². The number of nitrogens with zero attached hydrogens (tertiary/aromatic N) is 2. The average Bonchev–Trinajstić information content (AvgIpc) is 3.48. The lowest BCUT2D eigenvalue weighted by Crippen LogP contribution is -2.52. The molecule has 0 radical (unpaired) electrons. The number of halogens is 1. The van der Waals surface area contributed by atoms with E-state index < -0.39 is 28.5 Å². The van der Waals surface area contributed by atoms with Crippen LogP contribution in [-0.4, -0.2) is 50.9 Å². The molecule has 0 unspecified atom stereocenters. The van der Waals surface area contributed by atoms with E-state index in [-0.39, 0.29) is 29.1 Å². The van der Waals surface area contributed by atoms with Gasteiger partial charge in [-0.25, -0.2) is 8.42 Å². The normalized spacial score (nSPS) is 14.3. The second kappa shape index (κ2) is 13.4. The average molecular weight is 598 g/mol. The van der Waals surface area contributed by atoms with Crippen molar-refractivity contribution in [3.05, 3.63) is 88.9 Å². The monoisotopic (exact) mass is 597 g/mol. The molecule has 0 bridgehead atoms. The van der Waals surface area contributed by atoms with Crippen LogP contribution in [0.5, 0.6) is 5.75 Å². The molecule has 0 aliphatic heterocycles. The Hall–Kier alpha value is -3.56. The summed E-state index contributed by atoms with van der Waals surface area (Å²) in [6.45, 7) is 2.96. The van der Waals surface area contributed by atoms with Crippen molar-refractivity contribution in [1.29, 1.82) is 0 Å². The molecule has 3 aromatic rings. The lowest BCUT2D eigenvalue weighted by molar-refractivity contribution is -0.139. The van der Waals surface area contributed by atoms with Gasteiger partial charge in [-0.05, 0) is 68.1 Å². The zero-order valence-electron chi connectivity index (χ0n) is 23.5. The molecule has 1 saturated carbocycles. The van der Waals surface area contributed by atoms with Gasteiger partial charge in [-0.1, -0.05) is 66.9 Å². The minimum Gasteiger partial charge on any atom is -0.495 e. The van der Waals surface area contributed by atoms with E-state index in [0.29, 0.717) is 16.3 Å². The molecule has 1 N–H and O–H groups in total. The molecule has 0 spiro atoms. The third-order valence-electron chi connectivity index (χ3n) is 7.38. The van der Waals surface area contributed by atoms with Crippen LogP contribution in [0.1, 0.15) is 43.7 Å². The van der Waals surface area contributed by atoms with Crippen molar-refractivity contribution >= 4 is 39.1 Å². The smallest absolute Gasteiger partial charge is 0.264 e. The van der Waals surface area contributed by atoms with Gasteiger partial charge in [0.05, 0.1) is 17.7 Å². The zero-order valence-corrected chi connectivity index (χ0v) is 25.1. The van der Waals surface area contributed by atoms with Crippen molar-refractivity contribution < 1.29 is 22.7 Å². The number of nitrogens with one attached hydrogen (secondary N) is 1. The minimum atomic E-state index is -4.20. The maximum Gasteiger partial charge on any atom is 0.264 e. The molecule has 218 valence electrons. The Morgan fingerprint density at radius 3 is 2.34 bits per heavy atom. The first kappa shape index (κ1) is 30.4. The Kier molecular flexibility index (Phi) is 9.94. The van der Waals surface area contributed by atoms with Crippen LogP contribution in [0.3, 0.4) is 0 Å². The second-order valence-corrected chi connectivity index (χ2v) is 12.5. The number of amides is 2. The number of anilines is 1. The zero-order chi connectivity index (χ0) is 29.6. The predicted octanol–water partition coefficient (Wildman–Crippen LogP) is 5.33. The summed E-state index contributed by atoms with van der Waals surface area (Å²) in [7, 11) is -2.75. The van der Waals surface area contributed by atoms with Crippen LogP contribution < -0.4 is 14.4 Å². The fourth-order valence-electron chi connectivity index (χ4n) is 5.01. The molecule has 41 heavy (non-hydrogen) atoms. The number of hydrogen-bond donors (Lipinski definition) is 1. The Balaban J connectivity index is 1.74. The molecule has 10 heteroatoms. The summed E-state index contributed by atoms with van der Waals surface area (Å²) in [5.74, 6) is -0.544. The minimum absolute atomic E-state index is 0.0287. The van der Waals surface area contributed by atoms with Gasteiger partial charge in [0.25, 0.3) is 10.0 Å². The highest BCUT2D eigenvalue weighted by atomic mass is 35.5. The van der Waals surface area contributed by atoms with E-state index in [2.05, 4.69) is 5.32 Å². The largest absolute Gasteiger partial charge is 0.495 e. The van der Waals surface area contributed by atoms with Gasteiger partial charge in [0.1, 0.15) is 18.3 Å². The van der Waals surface area contributed by atoms with E-state index in [4.69, 9.17) is 16.3 Å². The molecule has 2 amide bonds. The molecule has 3 aromatic carbocycles. The highest BCUT2D eigenvalue weighted by Gasteiger charge is 2.34. The van der Waals surface area contributed by atoms with Gasteiger partial charge < -0.3 is 15.0 Å². The second-order valence-electron chi connectivity index (χ2n) is 10.3. The van der Waals surface area contributed by atoms with E-state index in [1.54, 1.807) is 67.6 Å². The molecule has 1 aliphatic rings. The molecular formula is C31H36ClN3O5S. The van der Waals surface area contributed by atoms with Gasteiger partial charge >= 0.3 is 0 Å². The molecule has 4 rings (SSSR count). The molecule has 1 fully saturated rings. The van der Waals surface area contributed by atoms with Crippen LogP contribution in [0.4, 0.5) is 5.69 Å². The van der Waals surface area contributed by atoms with Crippen molar-refractivity contribution in [3.63, 3.8) is 0 Å². The number of benzene rings is 3. The molecular weight excluding hydrogens is 562 g/mol. The lowest BCUT2D eigenvalue weighted by Gasteiger charge is -2.33. The molecule has 0 aromatic heterocycles. The number of carbonyl (C=O) groups is 2. The maximum atomic E-state index is 14.1. The van der Waals surface area contributed by atoms with Crippen LogP contribution in [0.2, 0.25) is 5.02 Å². The summed E-state index contributed by atoms with van der Waals surface area (Å²) >= 11 is 6.44. The van der Waals surface area contributed by atoms with Crippen molar-refractivity contribution in [2.75, 3.05) is 18.0 Å². The quantitative estimate of drug-likeness (QED) is 0.322.